The number of carbonyl (C=O) groups excluding carboxylic acids is 1. The van der Waals surface area contributed by atoms with Crippen LogP contribution in [0.2, 0.25) is 0 Å². The lowest BCUT2D eigenvalue weighted by atomic mass is 9.94. The Morgan fingerprint density at radius 2 is 1.92 bits per heavy atom. The van der Waals surface area contributed by atoms with E-state index in [1.165, 1.54) is 16.7 Å². The normalized spacial score (nSPS) is 10.2. The highest BCUT2D eigenvalue weighted by molar-refractivity contribution is 5.96. The van der Waals surface area contributed by atoms with E-state index in [1.807, 2.05) is 12.1 Å². The van der Waals surface area contributed by atoms with Gasteiger partial charge in [0, 0.05) is 5.56 Å². The van der Waals surface area contributed by atoms with Crippen LogP contribution in [0.1, 0.15) is 40.9 Å². The summed E-state index contributed by atoms with van der Waals surface area (Å²) in [6, 6.07) is 3.95. The summed E-state index contributed by atoms with van der Waals surface area (Å²) in [4.78, 5) is 11.3. The van der Waals surface area contributed by atoms with Gasteiger partial charge in [-0.2, -0.15) is 0 Å². The Morgan fingerprint density at radius 3 is 2.38 bits per heavy atom. The van der Waals surface area contributed by atoms with Gasteiger partial charge in [0.1, 0.15) is 0 Å². The summed E-state index contributed by atoms with van der Waals surface area (Å²) in [5.41, 5.74) is 4.61. The summed E-state index contributed by atoms with van der Waals surface area (Å²) >= 11 is 0. The van der Waals surface area contributed by atoms with Crippen molar-refractivity contribution in [2.75, 3.05) is 0 Å². The highest BCUT2D eigenvalue weighted by Gasteiger charge is 2.08. The van der Waals surface area contributed by atoms with E-state index in [-0.39, 0.29) is 5.78 Å². The maximum atomic E-state index is 11.3. The SMILES string of the molecule is CCc1c(C(C)=O)ccc(C)c1C. The van der Waals surface area contributed by atoms with Crippen molar-refractivity contribution in [2.24, 2.45) is 0 Å². The fourth-order valence-corrected chi connectivity index (χ4v) is 1.66. The molecule has 1 heteroatoms. The molecule has 0 fully saturated rings. The molecular weight excluding hydrogens is 160 g/mol. The minimum Gasteiger partial charge on any atom is -0.295 e. The Hall–Kier alpha value is -1.11. The van der Waals surface area contributed by atoms with E-state index in [4.69, 9.17) is 0 Å². The highest BCUT2D eigenvalue weighted by atomic mass is 16.1. The molecule has 1 aromatic carbocycles. The summed E-state index contributed by atoms with van der Waals surface area (Å²) in [5.74, 6) is 0.167. The van der Waals surface area contributed by atoms with Crippen LogP contribution in [0, 0.1) is 13.8 Å². The van der Waals surface area contributed by atoms with Crippen LogP contribution >= 0.6 is 0 Å². The average molecular weight is 176 g/mol. The van der Waals surface area contributed by atoms with Crippen molar-refractivity contribution in [3.63, 3.8) is 0 Å². The van der Waals surface area contributed by atoms with E-state index in [0.717, 1.165) is 12.0 Å². The molecule has 0 bridgehead atoms. The van der Waals surface area contributed by atoms with E-state index in [1.54, 1.807) is 6.92 Å². The minimum absolute atomic E-state index is 0.167. The average Bonchev–Trinajstić information content (AvgIpc) is 2.09. The second kappa shape index (κ2) is 3.73. The molecule has 0 aliphatic carbocycles. The Labute approximate surface area is 79.8 Å². The number of hydrogen-bond acceptors (Lipinski definition) is 1. The molecule has 0 aliphatic heterocycles. The van der Waals surface area contributed by atoms with Gasteiger partial charge in [0.25, 0.3) is 0 Å². The standard InChI is InChI=1S/C12H16O/c1-5-11-9(3)8(2)6-7-12(11)10(4)13/h6-7H,5H2,1-4H3. The van der Waals surface area contributed by atoms with Gasteiger partial charge < -0.3 is 0 Å². The second-order valence-electron chi connectivity index (χ2n) is 3.44. The third-order valence-corrected chi connectivity index (χ3v) is 2.60. The Bertz CT molecular complexity index is 337. The largest absolute Gasteiger partial charge is 0.295 e. The molecule has 1 nitrogen and oxygen atoms in total. The van der Waals surface area contributed by atoms with Crippen LogP contribution in [0.4, 0.5) is 0 Å². The van der Waals surface area contributed by atoms with Gasteiger partial charge in [0.05, 0.1) is 0 Å². The first kappa shape index (κ1) is 9.97. The van der Waals surface area contributed by atoms with Crippen molar-refractivity contribution >= 4 is 5.78 Å². The molecule has 0 aliphatic rings. The first-order valence-corrected chi connectivity index (χ1v) is 4.68. The van der Waals surface area contributed by atoms with Gasteiger partial charge in [0.15, 0.2) is 5.78 Å². The third-order valence-electron chi connectivity index (χ3n) is 2.60. The van der Waals surface area contributed by atoms with E-state index >= 15 is 0 Å². The molecule has 1 aromatic rings. The van der Waals surface area contributed by atoms with Crippen LogP contribution in [-0.4, -0.2) is 5.78 Å². The highest BCUT2D eigenvalue weighted by Crippen LogP contribution is 2.19. The summed E-state index contributed by atoms with van der Waals surface area (Å²) in [7, 11) is 0. The lowest BCUT2D eigenvalue weighted by molar-refractivity contribution is 0.101. The molecule has 0 atom stereocenters. The predicted octanol–water partition coefficient (Wildman–Crippen LogP) is 3.07. The Kier molecular flexibility index (Phi) is 2.86. The molecule has 1 rings (SSSR count). The molecule has 13 heavy (non-hydrogen) atoms. The van der Waals surface area contributed by atoms with Crippen LogP contribution in [0.15, 0.2) is 12.1 Å². The fraction of sp³-hybridized carbons (Fsp3) is 0.417. The van der Waals surface area contributed by atoms with Gasteiger partial charge in [-0.25, -0.2) is 0 Å². The van der Waals surface area contributed by atoms with Crippen molar-refractivity contribution in [1.29, 1.82) is 0 Å². The minimum atomic E-state index is 0.167. The van der Waals surface area contributed by atoms with Crippen LogP contribution in [0.5, 0.6) is 0 Å². The van der Waals surface area contributed by atoms with Crippen molar-refractivity contribution in [3.05, 3.63) is 34.4 Å². The Morgan fingerprint density at radius 1 is 1.31 bits per heavy atom. The number of Topliss-reactive ketones (excluding diaryl/α,β-unsaturated/α-hetero) is 1. The number of ketones is 1. The fourth-order valence-electron chi connectivity index (χ4n) is 1.66. The third kappa shape index (κ3) is 1.80. The van der Waals surface area contributed by atoms with Gasteiger partial charge in [-0.05, 0) is 43.9 Å². The molecule has 70 valence electrons. The van der Waals surface area contributed by atoms with Crippen LogP contribution < -0.4 is 0 Å². The zero-order valence-corrected chi connectivity index (χ0v) is 8.77. The van der Waals surface area contributed by atoms with Gasteiger partial charge in [-0.3, -0.25) is 4.79 Å². The molecule has 0 amide bonds. The lowest BCUT2D eigenvalue weighted by Gasteiger charge is -2.10. The van der Waals surface area contributed by atoms with Crippen LogP contribution in [0.25, 0.3) is 0 Å². The Balaban J connectivity index is 3.38. The van der Waals surface area contributed by atoms with Gasteiger partial charge in [-0.15, -0.1) is 0 Å². The van der Waals surface area contributed by atoms with Crippen molar-refractivity contribution in [2.45, 2.75) is 34.1 Å². The summed E-state index contributed by atoms with van der Waals surface area (Å²) in [6.45, 7) is 7.89. The quantitative estimate of drug-likeness (QED) is 0.633. The monoisotopic (exact) mass is 176 g/mol. The van der Waals surface area contributed by atoms with Gasteiger partial charge in [0.2, 0.25) is 0 Å². The molecular formula is C12H16O. The van der Waals surface area contributed by atoms with E-state index in [9.17, 15) is 4.79 Å². The van der Waals surface area contributed by atoms with Crippen molar-refractivity contribution < 1.29 is 4.79 Å². The number of benzene rings is 1. The zero-order valence-electron chi connectivity index (χ0n) is 8.77. The van der Waals surface area contributed by atoms with E-state index < -0.39 is 0 Å². The van der Waals surface area contributed by atoms with Crippen molar-refractivity contribution in [1.82, 2.24) is 0 Å². The number of rotatable bonds is 2. The molecule has 0 saturated carbocycles. The lowest BCUT2D eigenvalue weighted by Crippen LogP contribution is -2.02. The summed E-state index contributed by atoms with van der Waals surface area (Å²) in [5, 5.41) is 0. The zero-order chi connectivity index (χ0) is 10.0. The van der Waals surface area contributed by atoms with Gasteiger partial charge in [-0.1, -0.05) is 19.1 Å². The van der Waals surface area contributed by atoms with Crippen LogP contribution in [0.3, 0.4) is 0 Å². The van der Waals surface area contributed by atoms with Crippen LogP contribution in [-0.2, 0) is 6.42 Å². The van der Waals surface area contributed by atoms with E-state index in [2.05, 4.69) is 20.8 Å². The first-order valence-electron chi connectivity index (χ1n) is 4.68. The summed E-state index contributed by atoms with van der Waals surface area (Å²) < 4.78 is 0. The van der Waals surface area contributed by atoms with Crippen molar-refractivity contribution in [3.8, 4) is 0 Å². The summed E-state index contributed by atoms with van der Waals surface area (Å²) in [6.07, 6.45) is 0.933. The smallest absolute Gasteiger partial charge is 0.160 e. The van der Waals surface area contributed by atoms with Gasteiger partial charge >= 0.3 is 0 Å². The topological polar surface area (TPSA) is 17.1 Å². The molecule has 0 unspecified atom stereocenters. The second-order valence-corrected chi connectivity index (χ2v) is 3.44. The molecule has 0 saturated heterocycles. The maximum Gasteiger partial charge on any atom is 0.160 e. The molecule has 0 spiro atoms. The predicted molar refractivity (Wildman–Crippen MR) is 55.3 cm³/mol. The number of hydrogen-bond donors (Lipinski definition) is 0. The molecule has 0 N–H and O–H groups in total. The van der Waals surface area contributed by atoms with E-state index in [0.29, 0.717) is 0 Å². The number of aryl methyl sites for hydroxylation is 1. The first-order chi connectivity index (χ1) is 6.07. The maximum absolute atomic E-state index is 11.3. The molecule has 0 aromatic heterocycles. The molecule has 0 radical (unpaired) electrons. The number of carbonyl (C=O) groups is 1. The molecule has 0 heterocycles.